The second-order valence-corrected chi connectivity index (χ2v) is 5.28. The number of pyridine rings is 2. The number of aliphatic hydroxyl groups excluding tert-OH is 1. The molecule has 1 aliphatic carbocycles. The number of aromatic nitrogens is 2. The highest BCUT2D eigenvalue weighted by Crippen LogP contribution is 2.35. The quantitative estimate of drug-likeness (QED) is 0.701. The number of nitrogens with zero attached hydrogens (tertiary/aromatic N) is 2. The minimum Gasteiger partial charge on any atom is -0.387 e. The summed E-state index contributed by atoms with van der Waals surface area (Å²) in [5.74, 6) is -0.224. The predicted octanol–water partition coefficient (Wildman–Crippen LogP) is 1.68. The number of rotatable bonds is 2. The molecule has 2 heterocycles. The molecule has 0 spiro atoms. The van der Waals surface area contributed by atoms with Crippen molar-refractivity contribution in [2.75, 3.05) is 6.54 Å². The average molecular weight is 291 g/mol. The fourth-order valence-corrected chi connectivity index (χ4v) is 2.96. The van der Waals surface area contributed by atoms with E-state index in [1.165, 1.54) is 6.08 Å². The molecule has 1 aliphatic rings. The van der Waals surface area contributed by atoms with Crippen LogP contribution in [0, 0.1) is 0 Å². The van der Waals surface area contributed by atoms with Gasteiger partial charge in [-0.05, 0) is 23.6 Å². The van der Waals surface area contributed by atoms with Gasteiger partial charge in [0.1, 0.15) is 5.69 Å². The Balaban J connectivity index is 2.20. The minimum absolute atomic E-state index is 0.0324. The molecule has 108 valence electrons. The van der Waals surface area contributed by atoms with Crippen molar-refractivity contribution in [2.24, 2.45) is 5.73 Å². The van der Waals surface area contributed by atoms with Crippen molar-refractivity contribution in [3.63, 3.8) is 0 Å². The third kappa shape index (κ3) is 1.70. The van der Waals surface area contributed by atoms with Gasteiger partial charge in [0.25, 0.3) is 0 Å². The van der Waals surface area contributed by atoms with Crippen molar-refractivity contribution in [3.05, 3.63) is 54.0 Å². The highest BCUT2D eigenvalue weighted by Gasteiger charge is 2.27. The Bertz CT molecular complexity index is 963. The topological polar surface area (TPSA) is 89.1 Å². The van der Waals surface area contributed by atoms with Gasteiger partial charge >= 0.3 is 0 Å². The van der Waals surface area contributed by atoms with Crippen LogP contribution < -0.4 is 5.73 Å². The predicted molar refractivity (Wildman–Crippen MR) is 84.4 cm³/mol. The van der Waals surface area contributed by atoms with Crippen LogP contribution >= 0.6 is 0 Å². The van der Waals surface area contributed by atoms with Crippen LogP contribution in [0.1, 0.15) is 16.2 Å². The van der Waals surface area contributed by atoms with Crippen LogP contribution in [0.2, 0.25) is 0 Å². The van der Waals surface area contributed by atoms with Gasteiger partial charge in [-0.2, -0.15) is 0 Å². The van der Waals surface area contributed by atoms with Crippen LogP contribution in [0.5, 0.6) is 0 Å². The molecule has 5 nitrogen and oxygen atoms in total. The molecule has 0 amide bonds. The van der Waals surface area contributed by atoms with Gasteiger partial charge in [-0.15, -0.1) is 0 Å². The number of fused-ring (bicyclic) bond motifs is 2. The third-order valence-corrected chi connectivity index (χ3v) is 3.99. The molecular weight excluding hydrogens is 278 g/mol. The molecule has 2 aromatic heterocycles. The molecule has 0 saturated carbocycles. The van der Waals surface area contributed by atoms with Crippen LogP contribution in [0.3, 0.4) is 0 Å². The molecule has 3 aromatic rings. The molecular formula is C17H13N3O2. The van der Waals surface area contributed by atoms with Crippen LogP contribution in [0.15, 0.2) is 42.6 Å². The number of hydrogen-bond acceptors (Lipinski definition) is 5. The van der Waals surface area contributed by atoms with E-state index in [1.54, 1.807) is 6.20 Å². The summed E-state index contributed by atoms with van der Waals surface area (Å²) in [6.45, 7) is 0.0324. The summed E-state index contributed by atoms with van der Waals surface area (Å²) in [6.07, 6.45) is 2.10. The molecule has 1 atom stereocenters. The van der Waals surface area contributed by atoms with Gasteiger partial charge in [0.15, 0.2) is 0 Å². The lowest BCUT2D eigenvalue weighted by Crippen LogP contribution is -2.24. The second-order valence-electron chi connectivity index (χ2n) is 5.28. The summed E-state index contributed by atoms with van der Waals surface area (Å²) in [7, 11) is 0. The summed E-state index contributed by atoms with van der Waals surface area (Å²) in [4.78, 5) is 21.2. The molecule has 0 fully saturated rings. The maximum atomic E-state index is 12.3. The molecule has 1 unspecified atom stereocenters. The number of carbonyl (C=O) groups is 1. The molecule has 5 heteroatoms. The normalized spacial score (nSPS) is 15.2. The Morgan fingerprint density at radius 2 is 1.95 bits per heavy atom. The number of aliphatic hydroxyl groups is 1. The molecule has 22 heavy (non-hydrogen) atoms. The van der Waals surface area contributed by atoms with E-state index in [0.717, 1.165) is 16.3 Å². The fraction of sp³-hybridized carbons (Fsp3) is 0.118. The number of carbonyl (C=O) groups excluding carboxylic acids is 1. The first-order valence-electron chi connectivity index (χ1n) is 7.02. The zero-order chi connectivity index (χ0) is 15.3. The summed E-state index contributed by atoms with van der Waals surface area (Å²) >= 11 is 0. The van der Waals surface area contributed by atoms with E-state index in [-0.39, 0.29) is 12.3 Å². The fourth-order valence-electron chi connectivity index (χ4n) is 2.96. The second kappa shape index (κ2) is 4.69. The minimum atomic E-state index is -0.922. The number of para-hydroxylation sites is 1. The van der Waals surface area contributed by atoms with E-state index in [4.69, 9.17) is 5.73 Å². The number of benzene rings is 1. The van der Waals surface area contributed by atoms with Crippen LogP contribution in [-0.4, -0.2) is 33.5 Å². The zero-order valence-electron chi connectivity index (χ0n) is 11.7. The van der Waals surface area contributed by atoms with Crippen LogP contribution in [0.25, 0.3) is 27.2 Å². The average Bonchev–Trinajstić information content (AvgIpc) is 2.57. The van der Waals surface area contributed by atoms with E-state index in [1.807, 2.05) is 30.3 Å². The number of nitrogens with two attached hydrogens (primary N) is 1. The summed E-state index contributed by atoms with van der Waals surface area (Å²) in [6, 6.07) is 9.59. The van der Waals surface area contributed by atoms with Gasteiger partial charge in [-0.1, -0.05) is 18.2 Å². The van der Waals surface area contributed by atoms with E-state index in [0.29, 0.717) is 22.3 Å². The van der Waals surface area contributed by atoms with Crippen LogP contribution in [0.4, 0.5) is 0 Å². The van der Waals surface area contributed by atoms with E-state index in [9.17, 15) is 9.90 Å². The van der Waals surface area contributed by atoms with Crippen molar-refractivity contribution in [1.29, 1.82) is 0 Å². The van der Waals surface area contributed by atoms with Gasteiger partial charge < -0.3 is 10.8 Å². The molecule has 3 N–H and O–H groups in total. The number of allylic oxidation sites excluding steroid dienone is 1. The molecule has 4 rings (SSSR count). The summed E-state index contributed by atoms with van der Waals surface area (Å²) in [5.41, 5.74) is 7.80. The van der Waals surface area contributed by atoms with E-state index < -0.39 is 6.10 Å². The lowest BCUT2D eigenvalue weighted by atomic mass is 9.90. The lowest BCUT2D eigenvalue weighted by molar-refractivity contribution is 0.104. The van der Waals surface area contributed by atoms with Crippen molar-refractivity contribution < 1.29 is 9.90 Å². The van der Waals surface area contributed by atoms with Crippen molar-refractivity contribution >= 4 is 33.0 Å². The third-order valence-electron chi connectivity index (χ3n) is 3.99. The Kier molecular flexibility index (Phi) is 2.79. The van der Waals surface area contributed by atoms with Gasteiger partial charge in [0, 0.05) is 29.1 Å². The van der Waals surface area contributed by atoms with Crippen molar-refractivity contribution in [1.82, 2.24) is 9.97 Å². The van der Waals surface area contributed by atoms with Gasteiger partial charge in [-0.25, -0.2) is 4.98 Å². The SMILES string of the molecule is NCC(O)C1=CC(=O)c2nccc3c2c1nc1ccccc13. The van der Waals surface area contributed by atoms with Crippen LogP contribution in [-0.2, 0) is 0 Å². The highest BCUT2D eigenvalue weighted by atomic mass is 16.3. The lowest BCUT2D eigenvalue weighted by Gasteiger charge is -2.20. The molecule has 0 radical (unpaired) electrons. The Hall–Kier alpha value is -2.63. The maximum absolute atomic E-state index is 12.3. The standard InChI is InChI=1S/C17H13N3O2/c18-8-14(22)11-7-13(21)17-15-10(5-6-19-17)9-3-1-2-4-12(9)20-16(11)15/h1-7,14,22H,8,18H2. The Morgan fingerprint density at radius 3 is 2.77 bits per heavy atom. The van der Waals surface area contributed by atoms with Gasteiger partial charge in [-0.3, -0.25) is 9.78 Å². The molecule has 0 bridgehead atoms. The molecule has 1 aromatic carbocycles. The zero-order valence-corrected chi connectivity index (χ0v) is 11.7. The van der Waals surface area contributed by atoms with E-state index >= 15 is 0 Å². The maximum Gasteiger partial charge on any atom is 0.205 e. The monoisotopic (exact) mass is 291 g/mol. The first-order valence-corrected chi connectivity index (χ1v) is 7.02. The molecule has 0 aliphatic heterocycles. The first kappa shape index (κ1) is 13.1. The van der Waals surface area contributed by atoms with Crippen molar-refractivity contribution in [2.45, 2.75) is 6.10 Å². The van der Waals surface area contributed by atoms with Gasteiger partial charge in [0.2, 0.25) is 5.78 Å². The Labute approximate surface area is 126 Å². The number of hydrogen-bond donors (Lipinski definition) is 2. The summed E-state index contributed by atoms with van der Waals surface area (Å²) < 4.78 is 0. The highest BCUT2D eigenvalue weighted by molar-refractivity contribution is 6.24. The Morgan fingerprint density at radius 1 is 1.14 bits per heavy atom. The number of ketones is 1. The van der Waals surface area contributed by atoms with E-state index in [2.05, 4.69) is 9.97 Å². The smallest absolute Gasteiger partial charge is 0.205 e. The first-order chi connectivity index (χ1) is 10.7. The largest absolute Gasteiger partial charge is 0.387 e. The van der Waals surface area contributed by atoms with Crippen molar-refractivity contribution in [3.8, 4) is 0 Å². The van der Waals surface area contributed by atoms with Gasteiger partial charge in [0.05, 0.1) is 17.3 Å². The summed E-state index contributed by atoms with van der Waals surface area (Å²) in [5, 5.41) is 12.7. The molecule has 0 saturated heterocycles.